The first-order chi connectivity index (χ1) is 15.6. The lowest BCUT2D eigenvalue weighted by Crippen LogP contribution is -2.53. The summed E-state index contributed by atoms with van der Waals surface area (Å²) >= 11 is 0. The Kier molecular flexibility index (Phi) is 5.26. The van der Waals surface area contributed by atoms with Crippen LogP contribution in [0.1, 0.15) is 94.7 Å². The molecule has 0 radical (unpaired) electrons. The second-order valence-electron chi connectivity index (χ2n) is 11.4. The van der Waals surface area contributed by atoms with Gasteiger partial charge in [0.05, 0.1) is 6.04 Å². The van der Waals surface area contributed by atoms with Crippen molar-refractivity contribution in [2.24, 2.45) is 23.2 Å². The molecule has 7 heteroatoms. The van der Waals surface area contributed by atoms with Crippen molar-refractivity contribution < 1.29 is 9.59 Å². The number of carbonyl (C=O) groups excluding carboxylic acids is 2. The van der Waals surface area contributed by atoms with Crippen LogP contribution < -0.4 is 5.32 Å². The predicted octanol–water partition coefficient (Wildman–Crippen LogP) is 3.39. The van der Waals surface area contributed by atoms with Gasteiger partial charge in [-0.3, -0.25) is 9.59 Å². The Morgan fingerprint density at radius 1 is 0.938 bits per heavy atom. The Morgan fingerprint density at radius 3 is 2.44 bits per heavy atom. The minimum atomic E-state index is -0.132. The summed E-state index contributed by atoms with van der Waals surface area (Å²) in [6.07, 6.45) is 14.2. The van der Waals surface area contributed by atoms with Crippen molar-refractivity contribution in [1.82, 2.24) is 25.0 Å². The average molecular weight is 440 g/mol. The average Bonchev–Trinajstić information content (AvgIpc) is 3.33. The van der Waals surface area contributed by atoms with Gasteiger partial charge in [0.25, 0.3) is 0 Å². The summed E-state index contributed by atoms with van der Waals surface area (Å²) in [5, 5.41) is 12.1. The quantitative estimate of drug-likeness (QED) is 0.763. The van der Waals surface area contributed by atoms with E-state index in [4.69, 9.17) is 0 Å². The third-order valence-corrected chi connectivity index (χ3v) is 9.15. The largest absolute Gasteiger partial charge is 0.355 e. The number of aryl methyl sites for hydroxylation is 1. The van der Waals surface area contributed by atoms with Crippen molar-refractivity contribution in [3.63, 3.8) is 0 Å². The molecule has 4 saturated carbocycles. The van der Waals surface area contributed by atoms with Crippen LogP contribution in [0.25, 0.3) is 0 Å². The summed E-state index contributed by atoms with van der Waals surface area (Å²) < 4.78 is 2.28. The van der Waals surface area contributed by atoms with Crippen LogP contribution in [-0.2, 0) is 22.6 Å². The number of rotatable bonds is 5. The molecule has 7 rings (SSSR count). The number of amides is 2. The maximum absolute atomic E-state index is 13.2. The van der Waals surface area contributed by atoms with Crippen LogP contribution in [0, 0.1) is 23.2 Å². The van der Waals surface area contributed by atoms with Gasteiger partial charge in [-0.05, 0) is 82.0 Å². The van der Waals surface area contributed by atoms with Gasteiger partial charge in [0.1, 0.15) is 5.82 Å². The fourth-order valence-corrected chi connectivity index (χ4v) is 8.09. The molecule has 5 fully saturated rings. The summed E-state index contributed by atoms with van der Waals surface area (Å²) in [5.74, 6) is 4.71. The lowest BCUT2D eigenvalue weighted by molar-refractivity contribution is -0.146. The number of carbonyl (C=O) groups is 2. The van der Waals surface area contributed by atoms with Crippen LogP contribution >= 0.6 is 0 Å². The van der Waals surface area contributed by atoms with Gasteiger partial charge in [-0.25, -0.2) is 0 Å². The maximum atomic E-state index is 13.2. The number of fused-ring (bicyclic) bond motifs is 1. The Labute approximate surface area is 190 Å². The maximum Gasteiger partial charge on any atom is 0.226 e. The molecule has 1 unspecified atom stereocenters. The number of hydrogen-bond donors (Lipinski definition) is 1. The first kappa shape index (κ1) is 20.7. The fraction of sp³-hybridized carbons (Fsp3) is 0.840. The summed E-state index contributed by atoms with van der Waals surface area (Å²) in [6.45, 7) is 2.21. The zero-order valence-electron chi connectivity index (χ0n) is 19.2. The van der Waals surface area contributed by atoms with Crippen molar-refractivity contribution in [1.29, 1.82) is 0 Å². The van der Waals surface area contributed by atoms with E-state index in [2.05, 4.69) is 20.1 Å². The molecule has 1 saturated heterocycles. The van der Waals surface area contributed by atoms with Crippen LogP contribution in [0.5, 0.6) is 0 Å². The van der Waals surface area contributed by atoms with Crippen LogP contribution in [0.15, 0.2) is 0 Å². The molecule has 2 aliphatic heterocycles. The molecule has 3 heterocycles. The normalized spacial score (nSPS) is 35.6. The summed E-state index contributed by atoms with van der Waals surface area (Å²) in [5.41, 5.74) is -0.132. The molecule has 7 nitrogen and oxygen atoms in total. The molecule has 4 bridgehead atoms. The minimum absolute atomic E-state index is 0.0423. The van der Waals surface area contributed by atoms with E-state index in [9.17, 15) is 9.59 Å². The van der Waals surface area contributed by atoms with E-state index in [0.717, 1.165) is 87.4 Å². The van der Waals surface area contributed by atoms with Gasteiger partial charge in [-0.15, -0.1) is 10.2 Å². The zero-order chi connectivity index (χ0) is 21.7. The standard InChI is InChI=1S/C25H37N5O2/c31-22(7-8-26-24(32)25-14-17-11-18(15-25)13-19(12-17)16-25)29-10-4-5-20(29)23-28-27-21-6-2-1-3-9-30(21)23/h17-20H,1-16H2,(H,26,32). The van der Waals surface area contributed by atoms with Gasteiger partial charge in [-0.2, -0.15) is 0 Å². The van der Waals surface area contributed by atoms with Crippen molar-refractivity contribution in [2.45, 2.75) is 96.1 Å². The molecule has 6 aliphatic rings. The van der Waals surface area contributed by atoms with Gasteiger partial charge < -0.3 is 14.8 Å². The van der Waals surface area contributed by atoms with Crippen molar-refractivity contribution in [3.05, 3.63) is 11.6 Å². The van der Waals surface area contributed by atoms with E-state index < -0.39 is 0 Å². The van der Waals surface area contributed by atoms with E-state index in [-0.39, 0.29) is 23.3 Å². The van der Waals surface area contributed by atoms with Crippen molar-refractivity contribution >= 4 is 11.8 Å². The Bertz CT molecular complexity index is 858. The van der Waals surface area contributed by atoms with E-state index in [1.54, 1.807) is 0 Å². The lowest BCUT2D eigenvalue weighted by Gasteiger charge is -2.55. The third-order valence-electron chi connectivity index (χ3n) is 9.15. The number of aromatic nitrogens is 3. The van der Waals surface area contributed by atoms with Gasteiger partial charge >= 0.3 is 0 Å². The Balaban J connectivity index is 1.07. The molecule has 4 aliphatic carbocycles. The molecule has 32 heavy (non-hydrogen) atoms. The molecule has 1 N–H and O–H groups in total. The van der Waals surface area contributed by atoms with Crippen LogP contribution in [0.4, 0.5) is 0 Å². The second-order valence-corrected chi connectivity index (χ2v) is 11.4. The lowest BCUT2D eigenvalue weighted by atomic mass is 9.49. The number of nitrogens with one attached hydrogen (secondary N) is 1. The van der Waals surface area contributed by atoms with E-state index in [1.165, 1.54) is 32.1 Å². The zero-order valence-corrected chi connectivity index (χ0v) is 19.2. The molecule has 2 amide bonds. The molecule has 0 spiro atoms. The second kappa shape index (κ2) is 8.14. The Hall–Kier alpha value is -1.92. The number of likely N-dealkylation sites (tertiary alicyclic amines) is 1. The summed E-state index contributed by atoms with van der Waals surface area (Å²) in [6, 6.07) is 0.0423. The van der Waals surface area contributed by atoms with Crippen LogP contribution in [0.3, 0.4) is 0 Å². The summed E-state index contributed by atoms with van der Waals surface area (Å²) in [4.78, 5) is 28.3. The van der Waals surface area contributed by atoms with Gasteiger partial charge in [0, 0.05) is 37.9 Å². The smallest absolute Gasteiger partial charge is 0.226 e. The molecule has 1 aromatic rings. The highest BCUT2D eigenvalue weighted by Gasteiger charge is 2.54. The molecule has 0 aromatic carbocycles. The monoisotopic (exact) mass is 439 g/mol. The first-order valence-electron chi connectivity index (χ1n) is 13.1. The third kappa shape index (κ3) is 3.56. The van der Waals surface area contributed by atoms with Crippen LogP contribution in [-0.4, -0.2) is 44.6 Å². The molecule has 174 valence electrons. The highest BCUT2D eigenvalue weighted by molar-refractivity contribution is 5.84. The molecule has 1 aromatic heterocycles. The molecular formula is C25H37N5O2. The van der Waals surface area contributed by atoms with E-state index in [1.807, 2.05) is 4.90 Å². The topological polar surface area (TPSA) is 80.1 Å². The minimum Gasteiger partial charge on any atom is -0.355 e. The SMILES string of the molecule is O=C(CCNC(=O)C12CC3CC(CC(C3)C1)C2)N1CCCC1c1nnc2n1CCCCC2. The summed E-state index contributed by atoms with van der Waals surface area (Å²) in [7, 11) is 0. The Morgan fingerprint density at radius 2 is 1.69 bits per heavy atom. The van der Waals surface area contributed by atoms with E-state index in [0.29, 0.717) is 13.0 Å². The molecule has 1 atom stereocenters. The van der Waals surface area contributed by atoms with Crippen molar-refractivity contribution in [3.8, 4) is 0 Å². The number of hydrogen-bond acceptors (Lipinski definition) is 4. The van der Waals surface area contributed by atoms with E-state index >= 15 is 0 Å². The highest BCUT2D eigenvalue weighted by Crippen LogP contribution is 2.60. The first-order valence-corrected chi connectivity index (χ1v) is 13.1. The molecular weight excluding hydrogens is 402 g/mol. The predicted molar refractivity (Wildman–Crippen MR) is 119 cm³/mol. The fourth-order valence-electron chi connectivity index (χ4n) is 8.09. The van der Waals surface area contributed by atoms with Crippen molar-refractivity contribution in [2.75, 3.05) is 13.1 Å². The van der Waals surface area contributed by atoms with Crippen LogP contribution in [0.2, 0.25) is 0 Å². The highest BCUT2D eigenvalue weighted by atomic mass is 16.2. The van der Waals surface area contributed by atoms with Gasteiger partial charge in [0.2, 0.25) is 11.8 Å². The number of nitrogens with zero attached hydrogens (tertiary/aromatic N) is 4. The van der Waals surface area contributed by atoms with Gasteiger partial charge in [0.15, 0.2) is 5.82 Å². The van der Waals surface area contributed by atoms with Gasteiger partial charge in [-0.1, -0.05) is 6.42 Å².